The molecule has 2 heterocycles. The van der Waals surface area contributed by atoms with E-state index in [1.807, 2.05) is 31.2 Å². The van der Waals surface area contributed by atoms with Crippen LogP contribution in [-0.4, -0.2) is 81.9 Å². The van der Waals surface area contributed by atoms with Crippen molar-refractivity contribution in [3.63, 3.8) is 0 Å². The van der Waals surface area contributed by atoms with E-state index in [4.69, 9.17) is 4.74 Å². The molecule has 182 valence electrons. The highest BCUT2D eigenvalue weighted by Gasteiger charge is 2.40. The average Bonchev–Trinajstić information content (AvgIpc) is 2.85. The van der Waals surface area contributed by atoms with Crippen LogP contribution in [0.25, 0.3) is 0 Å². The van der Waals surface area contributed by atoms with E-state index in [1.54, 1.807) is 24.1 Å². The number of piperazine rings is 2. The number of sulfonamides is 1. The highest BCUT2D eigenvalue weighted by molar-refractivity contribution is 7.89. The topological polar surface area (TPSA) is 99.3 Å². The Kier molecular flexibility index (Phi) is 7.08. The zero-order chi connectivity index (χ0) is 24.3. The third-order valence-corrected chi connectivity index (χ3v) is 8.27. The first-order valence-electron chi connectivity index (χ1n) is 11.3. The van der Waals surface area contributed by atoms with Crippen molar-refractivity contribution < 1.29 is 22.7 Å². The van der Waals surface area contributed by atoms with Gasteiger partial charge in [0.05, 0.1) is 18.4 Å². The summed E-state index contributed by atoms with van der Waals surface area (Å²) in [6.45, 7) is 4.54. The fraction of sp³-hybridized carbons (Fsp3) is 0.417. The lowest BCUT2D eigenvalue weighted by molar-refractivity contribution is -0.137. The van der Waals surface area contributed by atoms with Gasteiger partial charge in [0.15, 0.2) is 0 Å². The van der Waals surface area contributed by atoms with Crippen LogP contribution in [-0.2, 0) is 19.6 Å². The molecular weight excluding hydrogens is 456 g/mol. The number of nitrogens with zero attached hydrogens (tertiary/aromatic N) is 3. The van der Waals surface area contributed by atoms with E-state index < -0.39 is 22.0 Å². The Balaban J connectivity index is 1.42. The molecular formula is C24H30N4O5S. The first kappa shape index (κ1) is 24.0. The molecule has 0 bridgehead atoms. The lowest BCUT2D eigenvalue weighted by atomic mass is 10.1. The molecule has 2 aromatic carbocycles. The zero-order valence-electron chi connectivity index (χ0n) is 19.4. The van der Waals surface area contributed by atoms with E-state index in [2.05, 4.69) is 10.2 Å². The van der Waals surface area contributed by atoms with Crippen molar-refractivity contribution in [2.45, 2.75) is 24.3 Å². The minimum Gasteiger partial charge on any atom is -0.497 e. The number of carbonyl (C=O) groups excluding carboxylic acids is 2. The van der Waals surface area contributed by atoms with Crippen LogP contribution in [0.5, 0.6) is 5.75 Å². The second-order valence-electron chi connectivity index (χ2n) is 8.51. The van der Waals surface area contributed by atoms with Crippen molar-refractivity contribution in [1.29, 1.82) is 0 Å². The number of methoxy groups -OCH3 is 1. The van der Waals surface area contributed by atoms with Gasteiger partial charge in [-0.05, 0) is 43.3 Å². The summed E-state index contributed by atoms with van der Waals surface area (Å²) in [5, 5.41) is 2.71. The highest BCUT2D eigenvalue weighted by atomic mass is 32.2. The summed E-state index contributed by atoms with van der Waals surface area (Å²) in [6, 6.07) is 13.2. The lowest BCUT2D eigenvalue weighted by Gasteiger charge is -2.38. The molecule has 0 unspecified atom stereocenters. The van der Waals surface area contributed by atoms with Crippen molar-refractivity contribution in [2.24, 2.45) is 0 Å². The van der Waals surface area contributed by atoms with Crippen LogP contribution in [0.4, 0.5) is 5.69 Å². The van der Waals surface area contributed by atoms with Crippen molar-refractivity contribution in [1.82, 2.24) is 14.5 Å². The van der Waals surface area contributed by atoms with Gasteiger partial charge in [-0.3, -0.25) is 9.59 Å². The van der Waals surface area contributed by atoms with Crippen molar-refractivity contribution in [3.05, 3.63) is 54.1 Å². The summed E-state index contributed by atoms with van der Waals surface area (Å²) in [4.78, 5) is 29.7. The SMILES string of the molecule is COc1ccc(N2CCN(C(=O)C[C@H]3C(=O)NCCN3S(=O)(=O)c3ccc(C)cc3)CC2)cc1. The molecule has 0 spiro atoms. The Bertz CT molecular complexity index is 1130. The Morgan fingerprint density at radius 3 is 2.26 bits per heavy atom. The maximum Gasteiger partial charge on any atom is 0.243 e. The first-order chi connectivity index (χ1) is 16.3. The molecule has 2 aromatic rings. The number of hydrogen-bond donors (Lipinski definition) is 1. The molecule has 9 nitrogen and oxygen atoms in total. The van der Waals surface area contributed by atoms with Crippen LogP contribution in [0.15, 0.2) is 53.4 Å². The van der Waals surface area contributed by atoms with Gasteiger partial charge in [0.2, 0.25) is 21.8 Å². The largest absolute Gasteiger partial charge is 0.497 e. The second-order valence-corrected chi connectivity index (χ2v) is 10.4. The molecule has 2 amide bonds. The van der Waals surface area contributed by atoms with Crippen molar-refractivity contribution in [3.8, 4) is 5.75 Å². The molecule has 0 saturated carbocycles. The van der Waals surface area contributed by atoms with Gasteiger partial charge in [-0.25, -0.2) is 8.42 Å². The van der Waals surface area contributed by atoms with Crippen LogP contribution in [0.2, 0.25) is 0 Å². The van der Waals surface area contributed by atoms with E-state index in [-0.39, 0.29) is 30.3 Å². The van der Waals surface area contributed by atoms with Crippen LogP contribution in [0.1, 0.15) is 12.0 Å². The highest BCUT2D eigenvalue weighted by Crippen LogP contribution is 2.24. The molecule has 4 rings (SSSR count). The number of hydrogen-bond acceptors (Lipinski definition) is 6. The minimum atomic E-state index is -3.90. The molecule has 0 radical (unpaired) electrons. The molecule has 2 saturated heterocycles. The third-order valence-electron chi connectivity index (χ3n) is 6.35. The smallest absolute Gasteiger partial charge is 0.243 e. The Hall–Kier alpha value is -3.11. The number of nitrogens with one attached hydrogen (secondary N) is 1. The summed E-state index contributed by atoms with van der Waals surface area (Å²) in [5.41, 5.74) is 1.99. The number of carbonyl (C=O) groups is 2. The van der Waals surface area contributed by atoms with Gasteiger partial charge in [-0.2, -0.15) is 4.31 Å². The summed E-state index contributed by atoms with van der Waals surface area (Å²) >= 11 is 0. The predicted molar refractivity (Wildman–Crippen MR) is 128 cm³/mol. The zero-order valence-corrected chi connectivity index (χ0v) is 20.3. The summed E-state index contributed by atoms with van der Waals surface area (Å²) in [6.07, 6.45) is -0.181. The number of amides is 2. The van der Waals surface area contributed by atoms with Gasteiger partial charge in [0.1, 0.15) is 11.8 Å². The van der Waals surface area contributed by atoms with Gasteiger partial charge in [-0.1, -0.05) is 17.7 Å². The molecule has 0 aromatic heterocycles. The number of anilines is 1. The van der Waals surface area contributed by atoms with Gasteiger partial charge in [0, 0.05) is 45.0 Å². The summed E-state index contributed by atoms with van der Waals surface area (Å²) in [5.74, 6) is 0.126. The average molecular weight is 487 g/mol. The minimum absolute atomic E-state index is 0.123. The quantitative estimate of drug-likeness (QED) is 0.660. The molecule has 1 atom stereocenters. The molecule has 2 aliphatic rings. The molecule has 0 aliphatic carbocycles. The fourth-order valence-corrected chi connectivity index (χ4v) is 5.91. The van der Waals surface area contributed by atoms with Crippen molar-refractivity contribution >= 4 is 27.5 Å². The Morgan fingerprint density at radius 2 is 1.65 bits per heavy atom. The maximum absolute atomic E-state index is 13.3. The summed E-state index contributed by atoms with van der Waals surface area (Å²) in [7, 11) is -2.28. The standard InChI is InChI=1S/C24H30N4O5S/c1-18-3-9-21(10-4-18)34(31,32)28-12-11-25-24(30)22(28)17-23(29)27-15-13-26(14-16-27)19-5-7-20(33-2)8-6-19/h3-10,22H,11-17H2,1-2H3,(H,25,30)/t22-/m0/s1. The van der Waals surface area contributed by atoms with E-state index in [1.165, 1.54) is 16.4 Å². The Morgan fingerprint density at radius 1 is 1.00 bits per heavy atom. The Labute approximate surface area is 200 Å². The van der Waals surface area contributed by atoms with Crippen LogP contribution in [0, 0.1) is 6.92 Å². The van der Waals surface area contributed by atoms with Crippen LogP contribution in [0.3, 0.4) is 0 Å². The van der Waals surface area contributed by atoms with Gasteiger partial charge in [0.25, 0.3) is 0 Å². The molecule has 2 aliphatic heterocycles. The van der Waals surface area contributed by atoms with E-state index in [0.29, 0.717) is 26.2 Å². The molecule has 2 fully saturated rings. The first-order valence-corrected chi connectivity index (χ1v) is 12.8. The van der Waals surface area contributed by atoms with Gasteiger partial charge < -0.3 is 19.9 Å². The molecule has 34 heavy (non-hydrogen) atoms. The van der Waals surface area contributed by atoms with Crippen LogP contribution >= 0.6 is 0 Å². The monoisotopic (exact) mass is 486 g/mol. The number of aryl methyl sites for hydroxylation is 1. The molecule has 1 N–H and O–H groups in total. The maximum atomic E-state index is 13.3. The van der Waals surface area contributed by atoms with Crippen LogP contribution < -0.4 is 15.0 Å². The lowest BCUT2D eigenvalue weighted by Crippen LogP contribution is -2.59. The summed E-state index contributed by atoms with van der Waals surface area (Å²) < 4.78 is 32.9. The number of rotatable bonds is 6. The fourth-order valence-electron chi connectivity index (χ4n) is 4.32. The number of benzene rings is 2. The normalized spacial score (nSPS) is 19.6. The second kappa shape index (κ2) is 10.0. The van der Waals surface area contributed by atoms with E-state index in [0.717, 1.165) is 17.0 Å². The van der Waals surface area contributed by atoms with Crippen molar-refractivity contribution in [2.75, 3.05) is 51.3 Å². The van der Waals surface area contributed by atoms with E-state index in [9.17, 15) is 18.0 Å². The third kappa shape index (κ3) is 5.02. The van der Waals surface area contributed by atoms with E-state index >= 15 is 0 Å². The predicted octanol–water partition coefficient (Wildman–Crippen LogP) is 1.23. The van der Waals surface area contributed by atoms with Gasteiger partial charge in [-0.15, -0.1) is 0 Å². The van der Waals surface area contributed by atoms with Gasteiger partial charge >= 0.3 is 0 Å². The molecule has 10 heteroatoms. The number of ether oxygens (including phenoxy) is 1.